The number of aliphatic hydroxyl groups is 1. The molecular weight excluding hydrogens is 406 g/mol. The normalized spacial score (nSPS) is 16.2. The molecule has 160 valence electrons. The average Bonchev–Trinajstić information content (AvgIpc) is 3.20. The molecule has 11 heteroatoms. The van der Waals surface area contributed by atoms with Crippen LogP contribution in [0.25, 0.3) is 11.2 Å². The smallest absolute Gasteiger partial charge is 0.238 e. The summed E-state index contributed by atoms with van der Waals surface area (Å²) >= 11 is 0. The number of imidazole rings is 1. The van der Waals surface area contributed by atoms with Crippen LogP contribution in [0.2, 0.25) is 0 Å². The Labute approximate surface area is 174 Å². The van der Waals surface area contributed by atoms with Gasteiger partial charge in [0.15, 0.2) is 11.5 Å². The molecule has 0 amide bonds. The van der Waals surface area contributed by atoms with Gasteiger partial charge in [-0.3, -0.25) is 4.90 Å². The van der Waals surface area contributed by atoms with Crippen molar-refractivity contribution in [3.63, 3.8) is 0 Å². The third-order valence-corrected chi connectivity index (χ3v) is 6.44. The molecule has 1 aromatic carbocycles. The van der Waals surface area contributed by atoms with E-state index in [9.17, 15) is 8.42 Å². The summed E-state index contributed by atoms with van der Waals surface area (Å²) in [7, 11) is -3.84. The molecule has 4 rings (SSSR count). The lowest BCUT2D eigenvalue weighted by atomic mass is 9.93. The molecule has 0 spiro atoms. The van der Waals surface area contributed by atoms with Crippen LogP contribution < -0.4 is 10.5 Å². The number of anilines is 2. The highest BCUT2D eigenvalue weighted by Gasteiger charge is 2.21. The number of aliphatic hydroxyl groups excluding tert-OH is 1. The minimum absolute atomic E-state index is 0.0327. The summed E-state index contributed by atoms with van der Waals surface area (Å²) in [5, 5.41) is 17.7. The molecule has 0 atom stereocenters. The maximum absolute atomic E-state index is 11.9. The van der Waals surface area contributed by atoms with Gasteiger partial charge in [0.1, 0.15) is 11.8 Å². The molecule has 30 heavy (non-hydrogen) atoms. The summed E-state index contributed by atoms with van der Waals surface area (Å²) in [6.45, 7) is 2.75. The van der Waals surface area contributed by atoms with E-state index >= 15 is 0 Å². The van der Waals surface area contributed by atoms with E-state index in [1.54, 1.807) is 6.07 Å². The van der Waals surface area contributed by atoms with Gasteiger partial charge in [0.25, 0.3) is 0 Å². The van der Waals surface area contributed by atoms with Crippen molar-refractivity contribution in [2.24, 2.45) is 11.1 Å². The number of sulfonamides is 1. The lowest BCUT2D eigenvalue weighted by Crippen LogP contribution is -2.33. The quantitative estimate of drug-likeness (QED) is 0.438. The minimum Gasteiger partial charge on any atom is -0.396 e. The first-order chi connectivity index (χ1) is 14.4. The number of nitrogens with one attached hydrogen (secondary N) is 2. The van der Waals surface area contributed by atoms with Crippen LogP contribution in [0, 0.1) is 5.92 Å². The van der Waals surface area contributed by atoms with Crippen LogP contribution in [0.5, 0.6) is 0 Å². The van der Waals surface area contributed by atoms with Gasteiger partial charge < -0.3 is 15.4 Å². The summed E-state index contributed by atoms with van der Waals surface area (Å²) in [4.78, 5) is 17.9. The van der Waals surface area contributed by atoms with Crippen LogP contribution in [0.15, 0.2) is 35.7 Å². The standard InChI is InChI=1S/C19H25N7O3S/c20-30(28,29)15-2-1-14(10-26-6-3-13(4-7-26)5-8-27)16(9-15)25-19-17-18(22-11-21-17)23-12-24-19/h1-2,9,11-13,27H,3-8,10H2,(H2,20,28,29)(H2,21,22,23,24,25). The van der Waals surface area contributed by atoms with Crippen molar-refractivity contribution in [1.29, 1.82) is 0 Å². The van der Waals surface area contributed by atoms with Crippen molar-refractivity contribution < 1.29 is 13.5 Å². The summed E-state index contributed by atoms with van der Waals surface area (Å²) in [5.41, 5.74) is 2.71. The Balaban J connectivity index is 1.61. The fourth-order valence-corrected chi connectivity index (χ4v) is 4.37. The van der Waals surface area contributed by atoms with E-state index in [0.29, 0.717) is 35.1 Å². The SMILES string of the molecule is NS(=O)(=O)c1ccc(CN2CCC(CCO)CC2)c(Nc2ncnc3nc[nH]c23)c1. The molecule has 1 fully saturated rings. The topological polar surface area (TPSA) is 150 Å². The number of primary sulfonamides is 1. The van der Waals surface area contributed by atoms with Gasteiger partial charge >= 0.3 is 0 Å². The number of likely N-dealkylation sites (tertiary alicyclic amines) is 1. The first-order valence-electron chi connectivity index (χ1n) is 9.84. The second-order valence-corrected chi connectivity index (χ2v) is 9.11. The van der Waals surface area contributed by atoms with E-state index in [4.69, 9.17) is 10.2 Å². The summed E-state index contributed by atoms with van der Waals surface area (Å²) in [6.07, 6.45) is 5.86. The summed E-state index contributed by atoms with van der Waals surface area (Å²) < 4.78 is 23.8. The Morgan fingerprint density at radius 3 is 2.77 bits per heavy atom. The predicted molar refractivity (Wildman–Crippen MR) is 112 cm³/mol. The fraction of sp³-hybridized carbons (Fsp3) is 0.421. The molecule has 1 saturated heterocycles. The van der Waals surface area contributed by atoms with Gasteiger partial charge in [-0.1, -0.05) is 6.07 Å². The largest absolute Gasteiger partial charge is 0.396 e. The highest BCUT2D eigenvalue weighted by molar-refractivity contribution is 7.89. The number of hydrogen-bond acceptors (Lipinski definition) is 8. The molecule has 10 nitrogen and oxygen atoms in total. The molecule has 5 N–H and O–H groups in total. The number of nitrogens with two attached hydrogens (primary N) is 1. The molecule has 1 aliphatic heterocycles. The van der Waals surface area contributed by atoms with Gasteiger partial charge in [0.05, 0.1) is 11.2 Å². The van der Waals surface area contributed by atoms with Crippen LogP contribution in [0.3, 0.4) is 0 Å². The zero-order chi connectivity index (χ0) is 21.1. The van der Waals surface area contributed by atoms with Gasteiger partial charge in [-0.2, -0.15) is 0 Å². The zero-order valence-corrected chi connectivity index (χ0v) is 17.3. The van der Waals surface area contributed by atoms with Gasteiger partial charge in [-0.05, 0) is 56.0 Å². The molecule has 1 aliphatic rings. The number of nitrogens with zero attached hydrogens (tertiary/aromatic N) is 4. The van der Waals surface area contributed by atoms with E-state index < -0.39 is 10.0 Å². The summed E-state index contributed by atoms with van der Waals surface area (Å²) in [6, 6.07) is 4.85. The third kappa shape index (κ3) is 4.59. The van der Waals surface area contributed by atoms with Crippen LogP contribution in [0.4, 0.5) is 11.5 Å². The Kier molecular flexibility index (Phi) is 5.95. The highest BCUT2D eigenvalue weighted by Crippen LogP contribution is 2.28. The van der Waals surface area contributed by atoms with Crippen LogP contribution >= 0.6 is 0 Å². The van der Waals surface area contributed by atoms with Gasteiger partial charge in [-0.25, -0.2) is 28.5 Å². The van der Waals surface area contributed by atoms with E-state index in [1.807, 2.05) is 0 Å². The van der Waals surface area contributed by atoms with Crippen molar-refractivity contribution in [3.8, 4) is 0 Å². The Hall–Kier alpha value is -2.60. The number of H-pyrrole nitrogens is 1. The molecule has 3 aromatic rings. The lowest BCUT2D eigenvalue weighted by molar-refractivity contribution is 0.153. The number of piperidine rings is 1. The highest BCUT2D eigenvalue weighted by atomic mass is 32.2. The number of benzene rings is 1. The molecule has 0 saturated carbocycles. The van der Waals surface area contributed by atoms with Crippen molar-refractivity contribution in [3.05, 3.63) is 36.4 Å². The maximum atomic E-state index is 11.9. The van der Waals surface area contributed by atoms with E-state index in [1.165, 1.54) is 24.8 Å². The van der Waals surface area contributed by atoms with Gasteiger partial charge in [0, 0.05) is 18.8 Å². The number of aromatic nitrogens is 4. The van der Waals surface area contributed by atoms with Gasteiger partial charge in [-0.15, -0.1) is 0 Å². The van der Waals surface area contributed by atoms with Crippen molar-refractivity contribution >= 4 is 32.7 Å². The van der Waals surface area contributed by atoms with Crippen LogP contribution in [-0.4, -0.2) is 58.1 Å². The Morgan fingerprint density at radius 2 is 2.03 bits per heavy atom. The fourth-order valence-electron chi connectivity index (χ4n) is 3.83. The van der Waals surface area contributed by atoms with Crippen LogP contribution in [-0.2, 0) is 16.6 Å². The first-order valence-corrected chi connectivity index (χ1v) is 11.4. The first kappa shape index (κ1) is 20.7. The molecule has 2 aromatic heterocycles. The number of hydrogen-bond donors (Lipinski definition) is 4. The van der Waals surface area contributed by atoms with Gasteiger partial charge in [0.2, 0.25) is 10.0 Å². The molecule has 3 heterocycles. The van der Waals surface area contributed by atoms with E-state index in [-0.39, 0.29) is 11.5 Å². The Morgan fingerprint density at radius 1 is 1.23 bits per heavy atom. The molecule has 0 radical (unpaired) electrons. The van der Waals surface area contributed by atoms with Crippen molar-refractivity contribution in [1.82, 2.24) is 24.8 Å². The number of aromatic amines is 1. The van der Waals surface area contributed by atoms with Crippen LogP contribution in [0.1, 0.15) is 24.8 Å². The maximum Gasteiger partial charge on any atom is 0.238 e. The van der Waals surface area contributed by atoms with Crippen molar-refractivity contribution in [2.45, 2.75) is 30.7 Å². The predicted octanol–water partition coefficient (Wildman–Crippen LogP) is 1.34. The van der Waals surface area contributed by atoms with E-state index in [0.717, 1.165) is 37.9 Å². The van der Waals surface area contributed by atoms with E-state index in [2.05, 4.69) is 30.2 Å². The second-order valence-electron chi connectivity index (χ2n) is 7.54. The molecule has 0 unspecified atom stereocenters. The number of fused-ring (bicyclic) bond motifs is 1. The molecule has 0 bridgehead atoms. The van der Waals surface area contributed by atoms with Crippen molar-refractivity contribution in [2.75, 3.05) is 25.0 Å². The molecule has 0 aliphatic carbocycles. The zero-order valence-electron chi connectivity index (χ0n) is 16.5. The monoisotopic (exact) mass is 431 g/mol. The lowest BCUT2D eigenvalue weighted by Gasteiger charge is -2.32. The molecular formula is C19H25N7O3S. The third-order valence-electron chi connectivity index (χ3n) is 5.52. The summed E-state index contributed by atoms with van der Waals surface area (Å²) in [5.74, 6) is 1.07. The second kappa shape index (κ2) is 8.64. The Bertz CT molecular complexity index is 1120. The minimum atomic E-state index is -3.84. The number of rotatable bonds is 7. The average molecular weight is 432 g/mol.